The summed E-state index contributed by atoms with van der Waals surface area (Å²) in [4.78, 5) is 0. The summed E-state index contributed by atoms with van der Waals surface area (Å²) in [6, 6.07) is 0. The van der Waals surface area contributed by atoms with Gasteiger partial charge < -0.3 is 4.74 Å². The van der Waals surface area contributed by atoms with Crippen LogP contribution in [0.25, 0.3) is 0 Å². The molecule has 0 spiro atoms. The van der Waals surface area contributed by atoms with E-state index in [9.17, 15) is 0 Å². The third-order valence-corrected chi connectivity index (χ3v) is 4.24. The molecular weight excluding hydrogens is 158 g/mol. The highest BCUT2D eigenvalue weighted by Crippen LogP contribution is 2.36. The van der Waals surface area contributed by atoms with Crippen LogP contribution < -0.4 is 0 Å². The Bertz CT molecular complexity index is 139. The Hall–Kier alpha value is 0.270. The Morgan fingerprint density at radius 2 is 1.73 bits per heavy atom. The standard InChI is InChI=1S/C8H17NOS/c1-11(2)9-3-7-5-10-6-8(7)4-9/h7-8,11H,3-6H2,1-2H3. The quantitative estimate of drug-likeness (QED) is 0.590. The van der Waals surface area contributed by atoms with Crippen LogP contribution >= 0.6 is 11.1 Å². The van der Waals surface area contributed by atoms with E-state index >= 15 is 0 Å². The number of hydrogen-bond acceptors (Lipinski definition) is 2. The number of thiol groups is 1. The average molecular weight is 175 g/mol. The molecule has 2 saturated heterocycles. The summed E-state index contributed by atoms with van der Waals surface area (Å²) in [5, 5.41) is 0. The van der Waals surface area contributed by atoms with Crippen LogP contribution in [0.3, 0.4) is 0 Å². The molecule has 0 aliphatic carbocycles. The van der Waals surface area contributed by atoms with Gasteiger partial charge in [-0.25, -0.2) is 11.1 Å². The largest absolute Gasteiger partial charge is 0.381 e. The fraction of sp³-hybridized carbons (Fsp3) is 1.00. The minimum Gasteiger partial charge on any atom is -0.381 e. The SMILES string of the molecule is C[SH](C)N1CC2COCC2C1. The van der Waals surface area contributed by atoms with E-state index in [2.05, 4.69) is 16.8 Å². The van der Waals surface area contributed by atoms with Crippen molar-refractivity contribution in [2.75, 3.05) is 38.8 Å². The second kappa shape index (κ2) is 2.96. The molecule has 2 nitrogen and oxygen atoms in total. The molecule has 2 fully saturated rings. The first-order chi connectivity index (χ1) is 5.27. The Labute approximate surface area is 71.4 Å². The highest BCUT2D eigenvalue weighted by atomic mass is 32.2. The predicted octanol–water partition coefficient (Wildman–Crippen LogP) is 0.740. The Balaban J connectivity index is 1.94. The molecule has 11 heavy (non-hydrogen) atoms. The van der Waals surface area contributed by atoms with Gasteiger partial charge in [0, 0.05) is 24.9 Å². The molecule has 0 saturated carbocycles. The summed E-state index contributed by atoms with van der Waals surface area (Å²) in [7, 11) is 0. The normalized spacial score (nSPS) is 39.3. The monoisotopic (exact) mass is 175 g/mol. The highest BCUT2D eigenvalue weighted by Gasteiger charge is 2.37. The minimum atomic E-state index is 0.151. The molecule has 0 aromatic rings. The summed E-state index contributed by atoms with van der Waals surface area (Å²) >= 11 is 0.151. The number of rotatable bonds is 1. The Morgan fingerprint density at radius 3 is 2.18 bits per heavy atom. The second-order valence-corrected chi connectivity index (χ2v) is 6.04. The molecule has 0 amide bonds. The van der Waals surface area contributed by atoms with Crippen molar-refractivity contribution < 1.29 is 4.74 Å². The second-order valence-electron chi connectivity index (χ2n) is 3.78. The molecule has 66 valence electrons. The van der Waals surface area contributed by atoms with Gasteiger partial charge in [0.05, 0.1) is 13.2 Å². The van der Waals surface area contributed by atoms with E-state index in [0.29, 0.717) is 0 Å². The van der Waals surface area contributed by atoms with Crippen molar-refractivity contribution in [3.05, 3.63) is 0 Å². The molecule has 2 aliphatic heterocycles. The molecule has 0 radical (unpaired) electrons. The van der Waals surface area contributed by atoms with Crippen LogP contribution in [0.15, 0.2) is 0 Å². The zero-order chi connectivity index (χ0) is 7.84. The van der Waals surface area contributed by atoms with Crippen LogP contribution in [0, 0.1) is 11.8 Å². The summed E-state index contributed by atoms with van der Waals surface area (Å²) < 4.78 is 8.05. The fourth-order valence-electron chi connectivity index (χ4n) is 1.99. The zero-order valence-corrected chi connectivity index (χ0v) is 8.18. The lowest BCUT2D eigenvalue weighted by Crippen LogP contribution is -2.18. The van der Waals surface area contributed by atoms with E-state index in [0.717, 1.165) is 25.0 Å². The van der Waals surface area contributed by atoms with E-state index in [-0.39, 0.29) is 11.1 Å². The lowest BCUT2D eigenvalue weighted by Gasteiger charge is -2.24. The van der Waals surface area contributed by atoms with Crippen molar-refractivity contribution in [1.29, 1.82) is 0 Å². The molecular formula is C8H17NOS. The summed E-state index contributed by atoms with van der Waals surface area (Å²) in [6.07, 6.45) is 4.69. The topological polar surface area (TPSA) is 12.5 Å². The van der Waals surface area contributed by atoms with Gasteiger partial charge in [-0.2, -0.15) is 0 Å². The van der Waals surface area contributed by atoms with Gasteiger partial charge in [0.2, 0.25) is 0 Å². The molecule has 2 rings (SSSR count). The van der Waals surface area contributed by atoms with Gasteiger partial charge in [-0.1, -0.05) is 0 Å². The first-order valence-electron chi connectivity index (χ1n) is 4.27. The maximum Gasteiger partial charge on any atom is 0.0511 e. The molecule has 0 N–H and O–H groups in total. The van der Waals surface area contributed by atoms with Crippen LogP contribution in [-0.2, 0) is 4.74 Å². The number of nitrogens with zero attached hydrogens (tertiary/aromatic N) is 1. The molecule has 0 aromatic heterocycles. The van der Waals surface area contributed by atoms with Crippen LogP contribution in [-0.4, -0.2) is 43.1 Å². The maximum absolute atomic E-state index is 5.42. The third-order valence-electron chi connectivity index (χ3n) is 2.79. The first kappa shape index (κ1) is 7.90. The van der Waals surface area contributed by atoms with Crippen molar-refractivity contribution in [3.63, 3.8) is 0 Å². The van der Waals surface area contributed by atoms with E-state index < -0.39 is 0 Å². The van der Waals surface area contributed by atoms with Crippen molar-refractivity contribution in [1.82, 2.24) is 4.31 Å². The van der Waals surface area contributed by atoms with Crippen LogP contribution in [0.5, 0.6) is 0 Å². The molecule has 2 heterocycles. The van der Waals surface area contributed by atoms with Gasteiger partial charge in [-0.15, -0.1) is 0 Å². The number of fused-ring (bicyclic) bond motifs is 1. The number of ether oxygens (including phenoxy) is 1. The molecule has 2 aliphatic rings. The van der Waals surface area contributed by atoms with E-state index in [1.807, 2.05) is 0 Å². The molecule has 0 aromatic carbocycles. The maximum atomic E-state index is 5.42. The minimum absolute atomic E-state index is 0.151. The molecule has 2 atom stereocenters. The zero-order valence-electron chi connectivity index (χ0n) is 7.29. The van der Waals surface area contributed by atoms with E-state index in [1.165, 1.54) is 13.1 Å². The van der Waals surface area contributed by atoms with Gasteiger partial charge in [0.15, 0.2) is 0 Å². The Kier molecular flexibility index (Phi) is 2.12. The Morgan fingerprint density at radius 1 is 1.18 bits per heavy atom. The summed E-state index contributed by atoms with van der Waals surface area (Å²) in [6.45, 7) is 4.63. The first-order valence-corrected chi connectivity index (χ1v) is 6.46. The van der Waals surface area contributed by atoms with Gasteiger partial charge in [0.1, 0.15) is 0 Å². The highest BCUT2D eigenvalue weighted by molar-refractivity contribution is 8.13. The van der Waals surface area contributed by atoms with Crippen molar-refractivity contribution >= 4 is 11.1 Å². The van der Waals surface area contributed by atoms with Crippen LogP contribution in [0.1, 0.15) is 0 Å². The van der Waals surface area contributed by atoms with E-state index in [4.69, 9.17) is 4.74 Å². The van der Waals surface area contributed by atoms with Crippen molar-refractivity contribution in [2.24, 2.45) is 11.8 Å². The lowest BCUT2D eigenvalue weighted by molar-refractivity contribution is 0.169. The molecule has 0 bridgehead atoms. The lowest BCUT2D eigenvalue weighted by atomic mass is 10.0. The van der Waals surface area contributed by atoms with Crippen molar-refractivity contribution in [2.45, 2.75) is 0 Å². The van der Waals surface area contributed by atoms with Crippen LogP contribution in [0.2, 0.25) is 0 Å². The number of hydrogen-bond donors (Lipinski definition) is 1. The van der Waals surface area contributed by atoms with Gasteiger partial charge in [-0.3, -0.25) is 4.31 Å². The fourth-order valence-corrected chi connectivity index (χ4v) is 3.06. The smallest absolute Gasteiger partial charge is 0.0511 e. The molecule has 2 unspecified atom stereocenters. The van der Waals surface area contributed by atoms with Gasteiger partial charge >= 0.3 is 0 Å². The molecule has 3 heteroatoms. The van der Waals surface area contributed by atoms with E-state index in [1.54, 1.807) is 0 Å². The summed E-state index contributed by atoms with van der Waals surface area (Å²) in [5.74, 6) is 1.72. The van der Waals surface area contributed by atoms with Gasteiger partial charge in [-0.05, 0) is 12.5 Å². The van der Waals surface area contributed by atoms with Gasteiger partial charge in [0.25, 0.3) is 0 Å². The summed E-state index contributed by atoms with van der Waals surface area (Å²) in [5.41, 5.74) is 0. The van der Waals surface area contributed by atoms with Crippen molar-refractivity contribution in [3.8, 4) is 0 Å². The average Bonchev–Trinajstić information content (AvgIpc) is 2.40. The predicted molar refractivity (Wildman–Crippen MR) is 50.2 cm³/mol. The van der Waals surface area contributed by atoms with Crippen LogP contribution in [0.4, 0.5) is 0 Å². The third kappa shape index (κ3) is 1.42.